The fraction of sp³-hybridized carbons (Fsp3) is 0.300. The van der Waals surface area contributed by atoms with E-state index < -0.39 is 11.0 Å². The molecule has 0 aliphatic rings. The Morgan fingerprint density at radius 2 is 2.18 bits per heavy atom. The van der Waals surface area contributed by atoms with Gasteiger partial charge in [-0.2, -0.15) is 0 Å². The molecule has 0 radical (unpaired) electrons. The fourth-order valence-corrected chi connectivity index (χ4v) is 1.48. The molecule has 6 nitrogen and oxygen atoms in total. The van der Waals surface area contributed by atoms with Gasteiger partial charge in [0.15, 0.2) is 0 Å². The number of hydrogen-bond acceptors (Lipinski definition) is 4. The highest BCUT2D eigenvalue weighted by Gasteiger charge is 2.14. The summed E-state index contributed by atoms with van der Waals surface area (Å²) in [7, 11) is 1.53. The molecule has 0 aliphatic carbocycles. The number of amides is 1. The standard InChI is InChI=1S/C10H12ClN3O3/c1-6(10(15)12-2)13-9-4-3-7(14(16)17)5-8(9)11/h3-6,13H,1-2H3,(H,12,15). The van der Waals surface area contributed by atoms with Crippen molar-refractivity contribution in [2.75, 3.05) is 12.4 Å². The van der Waals surface area contributed by atoms with Crippen molar-refractivity contribution in [2.24, 2.45) is 0 Å². The minimum atomic E-state index is -0.530. The number of likely N-dealkylation sites (N-methyl/N-ethyl adjacent to an activating group) is 1. The van der Waals surface area contributed by atoms with Crippen LogP contribution in [0.2, 0.25) is 5.02 Å². The van der Waals surface area contributed by atoms with E-state index in [9.17, 15) is 14.9 Å². The number of nitro groups is 1. The topological polar surface area (TPSA) is 84.3 Å². The summed E-state index contributed by atoms with van der Waals surface area (Å²) in [5.74, 6) is -0.195. The number of carbonyl (C=O) groups excluding carboxylic acids is 1. The number of rotatable bonds is 4. The average molecular weight is 258 g/mol. The second-order valence-electron chi connectivity index (χ2n) is 3.40. The summed E-state index contributed by atoms with van der Waals surface area (Å²) in [4.78, 5) is 21.3. The number of halogens is 1. The molecular formula is C10H12ClN3O3. The molecule has 1 aromatic rings. The van der Waals surface area contributed by atoms with Crippen LogP contribution in [-0.4, -0.2) is 23.9 Å². The summed E-state index contributed by atoms with van der Waals surface area (Å²) in [6, 6.07) is 3.56. The number of anilines is 1. The molecule has 0 spiro atoms. The van der Waals surface area contributed by atoms with Gasteiger partial charge in [-0.25, -0.2) is 0 Å². The number of carbonyl (C=O) groups is 1. The van der Waals surface area contributed by atoms with Crippen LogP contribution in [0, 0.1) is 10.1 Å². The first-order chi connectivity index (χ1) is 7.95. The number of nitrogens with zero attached hydrogens (tertiary/aromatic N) is 1. The van der Waals surface area contributed by atoms with Crippen molar-refractivity contribution in [3.63, 3.8) is 0 Å². The molecule has 0 aromatic heterocycles. The van der Waals surface area contributed by atoms with Crippen LogP contribution in [0.4, 0.5) is 11.4 Å². The van der Waals surface area contributed by atoms with Crippen LogP contribution in [0.5, 0.6) is 0 Å². The quantitative estimate of drug-likeness (QED) is 0.636. The molecule has 1 aromatic carbocycles. The molecule has 92 valence electrons. The van der Waals surface area contributed by atoms with Crippen molar-refractivity contribution in [1.29, 1.82) is 0 Å². The maximum Gasteiger partial charge on any atom is 0.271 e. The van der Waals surface area contributed by atoms with Crippen LogP contribution < -0.4 is 10.6 Å². The lowest BCUT2D eigenvalue weighted by Crippen LogP contribution is -2.35. The molecule has 1 unspecified atom stereocenters. The number of benzene rings is 1. The van der Waals surface area contributed by atoms with Crippen molar-refractivity contribution in [3.8, 4) is 0 Å². The van der Waals surface area contributed by atoms with Crippen molar-refractivity contribution in [3.05, 3.63) is 33.3 Å². The van der Waals surface area contributed by atoms with E-state index in [-0.39, 0.29) is 16.6 Å². The average Bonchev–Trinajstić information content (AvgIpc) is 2.30. The van der Waals surface area contributed by atoms with E-state index in [0.717, 1.165) is 0 Å². The van der Waals surface area contributed by atoms with Gasteiger partial charge >= 0.3 is 0 Å². The first-order valence-electron chi connectivity index (χ1n) is 4.87. The van der Waals surface area contributed by atoms with Gasteiger partial charge in [0.1, 0.15) is 6.04 Å². The van der Waals surface area contributed by atoms with Gasteiger partial charge in [-0.1, -0.05) is 11.6 Å². The Labute approximate surface area is 103 Å². The molecule has 0 bridgehead atoms. The Hall–Kier alpha value is -1.82. The maximum absolute atomic E-state index is 11.3. The van der Waals surface area contributed by atoms with Crippen molar-refractivity contribution in [1.82, 2.24) is 5.32 Å². The highest BCUT2D eigenvalue weighted by molar-refractivity contribution is 6.33. The number of hydrogen-bond donors (Lipinski definition) is 2. The van der Waals surface area contributed by atoms with E-state index in [1.807, 2.05) is 0 Å². The summed E-state index contributed by atoms with van der Waals surface area (Å²) in [6.07, 6.45) is 0. The lowest BCUT2D eigenvalue weighted by molar-refractivity contribution is -0.384. The maximum atomic E-state index is 11.3. The third-order valence-corrected chi connectivity index (χ3v) is 2.49. The zero-order chi connectivity index (χ0) is 13.0. The zero-order valence-electron chi connectivity index (χ0n) is 9.36. The van der Waals surface area contributed by atoms with Crippen molar-refractivity contribution < 1.29 is 9.72 Å². The SMILES string of the molecule is CNC(=O)C(C)Nc1ccc([N+](=O)[O-])cc1Cl. The van der Waals surface area contributed by atoms with Crippen LogP contribution >= 0.6 is 11.6 Å². The second kappa shape index (κ2) is 5.49. The van der Waals surface area contributed by atoms with E-state index in [1.165, 1.54) is 25.2 Å². The molecule has 1 rings (SSSR count). The predicted molar refractivity (Wildman–Crippen MR) is 65.3 cm³/mol. The summed E-state index contributed by atoms with van der Waals surface area (Å²) in [5.41, 5.74) is 0.390. The van der Waals surface area contributed by atoms with Gasteiger partial charge in [-0.15, -0.1) is 0 Å². The van der Waals surface area contributed by atoms with Crippen LogP contribution in [-0.2, 0) is 4.79 Å². The van der Waals surface area contributed by atoms with Gasteiger partial charge in [0.25, 0.3) is 5.69 Å². The molecule has 0 fully saturated rings. The van der Waals surface area contributed by atoms with Crippen LogP contribution in [0.15, 0.2) is 18.2 Å². The highest BCUT2D eigenvalue weighted by Crippen LogP contribution is 2.26. The van der Waals surface area contributed by atoms with Crippen molar-refractivity contribution in [2.45, 2.75) is 13.0 Å². The minimum absolute atomic E-state index is 0.0897. The first kappa shape index (κ1) is 13.2. The summed E-state index contributed by atoms with van der Waals surface area (Å²) in [5, 5.41) is 16.0. The molecule has 7 heteroatoms. The van der Waals surface area contributed by atoms with Crippen LogP contribution in [0.3, 0.4) is 0 Å². The molecule has 0 saturated heterocycles. The Bertz CT molecular complexity index is 450. The Morgan fingerprint density at radius 3 is 2.65 bits per heavy atom. The van der Waals surface area contributed by atoms with Gasteiger partial charge in [0.2, 0.25) is 5.91 Å². The van der Waals surface area contributed by atoms with E-state index in [0.29, 0.717) is 5.69 Å². The summed E-state index contributed by atoms with van der Waals surface area (Å²) in [6.45, 7) is 1.66. The molecule has 2 N–H and O–H groups in total. The highest BCUT2D eigenvalue weighted by atomic mass is 35.5. The Morgan fingerprint density at radius 1 is 1.53 bits per heavy atom. The first-order valence-corrected chi connectivity index (χ1v) is 5.25. The number of non-ortho nitro benzene ring substituents is 1. The second-order valence-corrected chi connectivity index (χ2v) is 3.81. The summed E-state index contributed by atoms with van der Waals surface area (Å²) < 4.78 is 0. The van der Waals surface area contributed by atoms with Crippen LogP contribution in [0.25, 0.3) is 0 Å². The van der Waals surface area contributed by atoms with Gasteiger partial charge in [0, 0.05) is 19.2 Å². The smallest absolute Gasteiger partial charge is 0.271 e. The normalized spacial score (nSPS) is 11.7. The Balaban J connectivity index is 2.86. The molecular weight excluding hydrogens is 246 g/mol. The molecule has 1 atom stereocenters. The summed E-state index contributed by atoms with van der Waals surface area (Å²) >= 11 is 5.87. The monoisotopic (exact) mass is 257 g/mol. The Kier molecular flexibility index (Phi) is 4.28. The molecule has 0 heterocycles. The van der Waals surface area contributed by atoms with E-state index >= 15 is 0 Å². The lowest BCUT2D eigenvalue weighted by Gasteiger charge is -2.14. The van der Waals surface area contributed by atoms with Crippen molar-refractivity contribution >= 4 is 28.9 Å². The zero-order valence-corrected chi connectivity index (χ0v) is 10.1. The molecule has 0 aliphatic heterocycles. The third kappa shape index (κ3) is 3.32. The van der Waals surface area contributed by atoms with Gasteiger partial charge in [-0.05, 0) is 13.0 Å². The lowest BCUT2D eigenvalue weighted by atomic mass is 10.2. The van der Waals surface area contributed by atoms with Gasteiger partial charge < -0.3 is 10.6 Å². The minimum Gasteiger partial charge on any atom is -0.373 e. The fourth-order valence-electron chi connectivity index (χ4n) is 1.25. The largest absolute Gasteiger partial charge is 0.373 e. The van der Waals surface area contributed by atoms with Gasteiger partial charge in [0.05, 0.1) is 15.6 Å². The van der Waals surface area contributed by atoms with E-state index in [4.69, 9.17) is 11.6 Å². The molecule has 0 saturated carbocycles. The molecule has 17 heavy (non-hydrogen) atoms. The van der Waals surface area contributed by atoms with E-state index in [1.54, 1.807) is 6.92 Å². The number of nitrogens with one attached hydrogen (secondary N) is 2. The predicted octanol–water partition coefficient (Wildman–Crippen LogP) is 1.79. The van der Waals surface area contributed by atoms with Gasteiger partial charge in [-0.3, -0.25) is 14.9 Å². The number of nitro benzene ring substituents is 1. The third-order valence-electron chi connectivity index (χ3n) is 2.18. The van der Waals surface area contributed by atoms with Crippen LogP contribution in [0.1, 0.15) is 6.92 Å². The van der Waals surface area contributed by atoms with E-state index in [2.05, 4.69) is 10.6 Å². The molecule has 1 amide bonds.